The van der Waals surface area contributed by atoms with Crippen LogP contribution >= 0.6 is 11.6 Å². The second-order valence-electron chi connectivity index (χ2n) is 6.14. The van der Waals surface area contributed by atoms with Crippen molar-refractivity contribution >= 4 is 34.8 Å². The lowest BCUT2D eigenvalue weighted by Crippen LogP contribution is -2.36. The minimum absolute atomic E-state index is 0.131. The van der Waals surface area contributed by atoms with Gasteiger partial charge in [0.2, 0.25) is 11.8 Å². The number of carbonyl (C=O) groups excluding carboxylic acids is 2. The standard InChI is InChI=1S/C19H18ClF4N3O3/c1-11-13(20)3-2-4-14(11)27-18(29)9-26-17(28)8-25-15-7-12(21)5-6-16(15)30-10-19(22,23)24/h2-7,25H,8-10H2,1H3,(H,26,28)(H,27,29). The maximum Gasteiger partial charge on any atom is 0.422 e. The van der Waals surface area contributed by atoms with Gasteiger partial charge >= 0.3 is 6.18 Å². The van der Waals surface area contributed by atoms with Gasteiger partial charge in [-0.3, -0.25) is 9.59 Å². The highest BCUT2D eigenvalue weighted by Gasteiger charge is 2.29. The Kier molecular flexibility index (Phi) is 7.87. The maximum atomic E-state index is 13.4. The molecule has 162 valence electrons. The summed E-state index contributed by atoms with van der Waals surface area (Å²) in [6.45, 7) is -0.622. The Balaban J connectivity index is 1.86. The van der Waals surface area contributed by atoms with Gasteiger partial charge in [-0.2, -0.15) is 13.2 Å². The summed E-state index contributed by atoms with van der Waals surface area (Å²) >= 11 is 5.97. The van der Waals surface area contributed by atoms with Crippen molar-refractivity contribution in [2.24, 2.45) is 0 Å². The number of ether oxygens (including phenoxy) is 1. The van der Waals surface area contributed by atoms with E-state index in [1.165, 1.54) is 0 Å². The van der Waals surface area contributed by atoms with Crippen LogP contribution in [0.5, 0.6) is 5.75 Å². The van der Waals surface area contributed by atoms with E-state index in [1.807, 2.05) is 0 Å². The van der Waals surface area contributed by atoms with Crippen LogP contribution < -0.4 is 20.7 Å². The number of rotatable bonds is 8. The first-order valence-electron chi connectivity index (χ1n) is 8.60. The zero-order valence-corrected chi connectivity index (χ0v) is 16.5. The second kappa shape index (κ2) is 10.1. The van der Waals surface area contributed by atoms with Crippen LogP contribution in [-0.4, -0.2) is 37.7 Å². The number of nitrogens with one attached hydrogen (secondary N) is 3. The highest BCUT2D eigenvalue weighted by molar-refractivity contribution is 6.31. The highest BCUT2D eigenvalue weighted by Crippen LogP contribution is 2.27. The van der Waals surface area contributed by atoms with Crippen molar-refractivity contribution < 1.29 is 31.9 Å². The number of carbonyl (C=O) groups is 2. The Morgan fingerprint density at radius 1 is 1.07 bits per heavy atom. The summed E-state index contributed by atoms with van der Waals surface area (Å²) in [5.74, 6) is -2.14. The molecule has 0 atom stereocenters. The van der Waals surface area contributed by atoms with Crippen LogP contribution in [0, 0.1) is 12.7 Å². The van der Waals surface area contributed by atoms with Gasteiger partial charge in [0, 0.05) is 16.8 Å². The lowest BCUT2D eigenvalue weighted by molar-refractivity contribution is -0.153. The van der Waals surface area contributed by atoms with E-state index in [2.05, 4.69) is 20.7 Å². The molecule has 0 aromatic heterocycles. The molecule has 0 spiro atoms. The quantitative estimate of drug-likeness (QED) is 0.536. The summed E-state index contributed by atoms with van der Waals surface area (Å²) < 4.78 is 55.0. The Labute approximate surface area is 174 Å². The molecular formula is C19H18ClF4N3O3. The number of benzene rings is 2. The summed E-state index contributed by atoms with van der Waals surface area (Å²) in [5, 5.41) is 7.89. The first-order chi connectivity index (χ1) is 14.0. The Morgan fingerprint density at radius 3 is 2.50 bits per heavy atom. The van der Waals surface area contributed by atoms with E-state index in [4.69, 9.17) is 11.6 Å². The SMILES string of the molecule is Cc1c(Cl)cccc1NC(=O)CNC(=O)CNc1cc(F)ccc1OCC(F)(F)F. The van der Waals surface area contributed by atoms with Gasteiger partial charge in [-0.05, 0) is 36.8 Å². The Morgan fingerprint density at radius 2 is 1.80 bits per heavy atom. The minimum Gasteiger partial charge on any atom is -0.482 e. The molecule has 2 aromatic carbocycles. The third kappa shape index (κ3) is 7.43. The first kappa shape index (κ1) is 23.3. The third-order valence-electron chi connectivity index (χ3n) is 3.76. The minimum atomic E-state index is -4.57. The molecule has 0 saturated carbocycles. The molecule has 2 amide bonds. The summed E-state index contributed by atoms with van der Waals surface area (Å²) in [7, 11) is 0. The van der Waals surface area contributed by atoms with Crippen LogP contribution in [0.2, 0.25) is 5.02 Å². The molecule has 0 heterocycles. The van der Waals surface area contributed by atoms with Crippen molar-refractivity contribution in [1.29, 1.82) is 0 Å². The molecule has 11 heteroatoms. The molecule has 3 N–H and O–H groups in total. The van der Waals surface area contributed by atoms with E-state index in [-0.39, 0.29) is 18.0 Å². The number of alkyl halides is 3. The number of hydrogen-bond donors (Lipinski definition) is 3. The molecule has 0 unspecified atom stereocenters. The predicted octanol–water partition coefficient (Wildman–Crippen LogP) is 3.90. The lowest BCUT2D eigenvalue weighted by Gasteiger charge is -2.15. The van der Waals surface area contributed by atoms with E-state index in [1.54, 1.807) is 25.1 Å². The molecule has 0 saturated heterocycles. The first-order valence-corrected chi connectivity index (χ1v) is 8.97. The van der Waals surface area contributed by atoms with Gasteiger partial charge in [-0.25, -0.2) is 4.39 Å². The summed E-state index contributed by atoms with van der Waals surface area (Å²) in [4.78, 5) is 23.9. The van der Waals surface area contributed by atoms with Gasteiger partial charge in [0.15, 0.2) is 6.61 Å². The van der Waals surface area contributed by atoms with Gasteiger partial charge < -0.3 is 20.7 Å². The van der Waals surface area contributed by atoms with Crippen molar-refractivity contribution in [2.75, 3.05) is 30.3 Å². The fourth-order valence-electron chi connectivity index (χ4n) is 2.28. The fraction of sp³-hybridized carbons (Fsp3) is 0.263. The predicted molar refractivity (Wildman–Crippen MR) is 104 cm³/mol. The van der Waals surface area contributed by atoms with Crippen LogP contribution in [-0.2, 0) is 9.59 Å². The Hall–Kier alpha value is -3.01. The number of amides is 2. The topological polar surface area (TPSA) is 79.5 Å². The zero-order chi connectivity index (χ0) is 22.3. The third-order valence-corrected chi connectivity index (χ3v) is 4.17. The van der Waals surface area contributed by atoms with E-state index < -0.39 is 37.0 Å². The van der Waals surface area contributed by atoms with Crippen molar-refractivity contribution in [3.63, 3.8) is 0 Å². The molecule has 0 aliphatic rings. The Bertz CT molecular complexity index is 922. The summed E-state index contributed by atoms with van der Waals surface area (Å²) in [5.41, 5.74) is 1.03. The molecule has 6 nitrogen and oxygen atoms in total. The largest absolute Gasteiger partial charge is 0.482 e. The molecule has 0 fully saturated rings. The highest BCUT2D eigenvalue weighted by atomic mass is 35.5. The average molecular weight is 448 g/mol. The number of anilines is 2. The van der Waals surface area contributed by atoms with Crippen LogP contribution in [0.1, 0.15) is 5.56 Å². The lowest BCUT2D eigenvalue weighted by atomic mass is 10.2. The van der Waals surface area contributed by atoms with Crippen LogP contribution in [0.3, 0.4) is 0 Å². The smallest absolute Gasteiger partial charge is 0.422 e. The molecule has 0 aliphatic carbocycles. The molecule has 2 aromatic rings. The van der Waals surface area contributed by atoms with E-state index >= 15 is 0 Å². The molecule has 0 aliphatic heterocycles. The van der Waals surface area contributed by atoms with Crippen molar-refractivity contribution in [3.8, 4) is 5.75 Å². The molecule has 2 rings (SSSR count). The maximum absolute atomic E-state index is 13.4. The molecule has 30 heavy (non-hydrogen) atoms. The monoisotopic (exact) mass is 447 g/mol. The zero-order valence-electron chi connectivity index (χ0n) is 15.7. The van der Waals surface area contributed by atoms with Gasteiger partial charge in [0.1, 0.15) is 11.6 Å². The average Bonchev–Trinajstić information content (AvgIpc) is 2.67. The van der Waals surface area contributed by atoms with E-state index in [0.717, 1.165) is 18.2 Å². The second-order valence-corrected chi connectivity index (χ2v) is 6.54. The van der Waals surface area contributed by atoms with Crippen molar-refractivity contribution in [3.05, 3.63) is 52.8 Å². The number of halogens is 5. The van der Waals surface area contributed by atoms with Crippen LogP contribution in [0.15, 0.2) is 36.4 Å². The number of hydrogen-bond acceptors (Lipinski definition) is 4. The fourth-order valence-corrected chi connectivity index (χ4v) is 2.45. The molecular weight excluding hydrogens is 430 g/mol. The van der Waals surface area contributed by atoms with Gasteiger partial charge in [0.05, 0.1) is 18.8 Å². The van der Waals surface area contributed by atoms with Gasteiger partial charge in [-0.15, -0.1) is 0 Å². The normalized spacial score (nSPS) is 11.0. The molecule has 0 radical (unpaired) electrons. The van der Waals surface area contributed by atoms with Crippen LogP contribution in [0.25, 0.3) is 0 Å². The molecule has 0 bridgehead atoms. The van der Waals surface area contributed by atoms with Gasteiger partial charge in [0.25, 0.3) is 0 Å². The van der Waals surface area contributed by atoms with Crippen LogP contribution in [0.4, 0.5) is 28.9 Å². The summed E-state index contributed by atoms with van der Waals surface area (Å²) in [6, 6.07) is 7.81. The van der Waals surface area contributed by atoms with Gasteiger partial charge in [-0.1, -0.05) is 17.7 Å². The van der Waals surface area contributed by atoms with Crippen molar-refractivity contribution in [2.45, 2.75) is 13.1 Å². The van der Waals surface area contributed by atoms with E-state index in [9.17, 15) is 27.2 Å². The van der Waals surface area contributed by atoms with E-state index in [0.29, 0.717) is 16.3 Å². The van der Waals surface area contributed by atoms with Crippen molar-refractivity contribution in [1.82, 2.24) is 5.32 Å². The summed E-state index contributed by atoms with van der Waals surface area (Å²) in [6.07, 6.45) is -4.57.